The van der Waals surface area contributed by atoms with Gasteiger partial charge < -0.3 is 9.47 Å². The summed E-state index contributed by atoms with van der Waals surface area (Å²) in [5.41, 5.74) is 1.31. The van der Waals surface area contributed by atoms with Gasteiger partial charge in [0.25, 0.3) is 0 Å². The topological polar surface area (TPSA) is 52.6 Å². The Bertz CT molecular complexity index is 421. The average molecular weight is 324 g/mol. The van der Waals surface area contributed by atoms with Crippen LogP contribution in [0.1, 0.15) is 66.7 Å². The molecule has 1 unspecified atom stereocenters. The van der Waals surface area contributed by atoms with E-state index in [2.05, 4.69) is 6.92 Å². The van der Waals surface area contributed by atoms with Crippen LogP contribution in [-0.2, 0) is 19.1 Å². The van der Waals surface area contributed by atoms with Crippen LogP contribution in [0.15, 0.2) is 23.3 Å². The fraction of sp³-hybridized carbons (Fsp3) is 0.684. The molecule has 0 fully saturated rings. The molecule has 0 spiro atoms. The number of hydrogen-bond acceptors (Lipinski definition) is 4. The van der Waals surface area contributed by atoms with E-state index in [0.29, 0.717) is 30.3 Å². The Hall–Kier alpha value is -1.58. The highest BCUT2D eigenvalue weighted by molar-refractivity contribution is 5.87. The Balaban J connectivity index is 3.58. The summed E-state index contributed by atoms with van der Waals surface area (Å²) >= 11 is 0. The second kappa shape index (κ2) is 12.9. The third-order valence-electron chi connectivity index (χ3n) is 3.83. The van der Waals surface area contributed by atoms with Gasteiger partial charge in [-0.2, -0.15) is 0 Å². The van der Waals surface area contributed by atoms with E-state index < -0.39 is 0 Å². The number of unbranched alkanes of at least 4 members (excludes halogenated alkanes) is 3. The first-order chi connectivity index (χ1) is 10.9. The molecule has 0 aromatic heterocycles. The fourth-order valence-corrected chi connectivity index (χ4v) is 1.88. The standard InChI is InChI=1S/C19H32O4/c1-6-16(4)18(20)22-13-11-9-8-10-12-15(3)14-23-19(21)17(5)7-2/h6-7,15H,8-14H2,1-5H3. The molecule has 0 heterocycles. The molecule has 0 aliphatic rings. The van der Waals surface area contributed by atoms with Crippen LogP contribution in [0.25, 0.3) is 0 Å². The Morgan fingerprint density at radius 1 is 0.870 bits per heavy atom. The SMILES string of the molecule is CC=C(C)C(=O)OCCCCCCC(C)COC(=O)C(C)=CC. The van der Waals surface area contributed by atoms with Crippen molar-refractivity contribution in [3.8, 4) is 0 Å². The minimum Gasteiger partial charge on any atom is -0.462 e. The van der Waals surface area contributed by atoms with E-state index in [4.69, 9.17) is 9.47 Å². The van der Waals surface area contributed by atoms with Crippen molar-refractivity contribution in [3.63, 3.8) is 0 Å². The summed E-state index contributed by atoms with van der Waals surface area (Å²) in [4.78, 5) is 22.9. The van der Waals surface area contributed by atoms with E-state index in [1.807, 2.05) is 13.8 Å². The first-order valence-electron chi connectivity index (χ1n) is 8.52. The highest BCUT2D eigenvalue weighted by Gasteiger charge is 2.08. The predicted molar refractivity (Wildman–Crippen MR) is 93.0 cm³/mol. The predicted octanol–water partition coefficient (Wildman–Crippen LogP) is 4.59. The molecule has 4 heteroatoms. The third-order valence-corrected chi connectivity index (χ3v) is 3.83. The van der Waals surface area contributed by atoms with Crippen LogP contribution in [0.4, 0.5) is 0 Å². The zero-order valence-corrected chi connectivity index (χ0v) is 15.3. The zero-order chi connectivity index (χ0) is 17.7. The molecule has 23 heavy (non-hydrogen) atoms. The average Bonchev–Trinajstić information content (AvgIpc) is 2.56. The van der Waals surface area contributed by atoms with Crippen molar-refractivity contribution < 1.29 is 19.1 Å². The lowest BCUT2D eigenvalue weighted by molar-refractivity contribution is -0.140. The van der Waals surface area contributed by atoms with Gasteiger partial charge in [0.05, 0.1) is 13.2 Å². The highest BCUT2D eigenvalue weighted by Crippen LogP contribution is 2.12. The van der Waals surface area contributed by atoms with Gasteiger partial charge >= 0.3 is 11.9 Å². The molecule has 0 aromatic carbocycles. The summed E-state index contributed by atoms with van der Waals surface area (Å²) in [5, 5.41) is 0. The maximum atomic E-state index is 11.5. The Kier molecular flexibility index (Phi) is 12.0. The zero-order valence-electron chi connectivity index (χ0n) is 15.3. The summed E-state index contributed by atoms with van der Waals surface area (Å²) in [7, 11) is 0. The van der Waals surface area contributed by atoms with Crippen molar-refractivity contribution >= 4 is 11.9 Å². The molecule has 0 saturated carbocycles. The normalized spacial score (nSPS) is 13.6. The summed E-state index contributed by atoms with van der Waals surface area (Å²) in [5.74, 6) is -0.0734. The Morgan fingerprint density at radius 3 is 1.96 bits per heavy atom. The van der Waals surface area contributed by atoms with Crippen molar-refractivity contribution in [1.82, 2.24) is 0 Å². The lowest BCUT2D eigenvalue weighted by Gasteiger charge is -2.12. The molecular weight excluding hydrogens is 292 g/mol. The monoisotopic (exact) mass is 324 g/mol. The second-order valence-corrected chi connectivity index (χ2v) is 5.99. The highest BCUT2D eigenvalue weighted by atomic mass is 16.5. The Morgan fingerprint density at radius 2 is 1.39 bits per heavy atom. The van der Waals surface area contributed by atoms with Gasteiger partial charge in [-0.15, -0.1) is 0 Å². The van der Waals surface area contributed by atoms with Gasteiger partial charge in [0.15, 0.2) is 0 Å². The lowest BCUT2D eigenvalue weighted by atomic mass is 10.0. The van der Waals surface area contributed by atoms with E-state index in [9.17, 15) is 9.59 Å². The van der Waals surface area contributed by atoms with Gasteiger partial charge in [-0.3, -0.25) is 0 Å². The molecule has 0 saturated heterocycles. The minimum atomic E-state index is -0.224. The number of esters is 2. The van der Waals surface area contributed by atoms with E-state index in [1.54, 1.807) is 26.0 Å². The third kappa shape index (κ3) is 10.7. The van der Waals surface area contributed by atoms with Crippen LogP contribution in [0.2, 0.25) is 0 Å². The van der Waals surface area contributed by atoms with Crippen molar-refractivity contribution in [2.75, 3.05) is 13.2 Å². The molecule has 0 aliphatic carbocycles. The number of hydrogen-bond donors (Lipinski definition) is 0. The number of allylic oxidation sites excluding steroid dienone is 2. The molecule has 0 radical (unpaired) electrons. The van der Waals surface area contributed by atoms with Gasteiger partial charge in [0, 0.05) is 11.1 Å². The summed E-state index contributed by atoms with van der Waals surface area (Å²) in [6, 6.07) is 0. The van der Waals surface area contributed by atoms with E-state index in [0.717, 1.165) is 32.1 Å². The van der Waals surface area contributed by atoms with Gasteiger partial charge in [-0.05, 0) is 46.5 Å². The maximum Gasteiger partial charge on any atom is 0.333 e. The number of carbonyl (C=O) groups is 2. The van der Waals surface area contributed by atoms with E-state index >= 15 is 0 Å². The van der Waals surface area contributed by atoms with Crippen molar-refractivity contribution in [3.05, 3.63) is 23.3 Å². The van der Waals surface area contributed by atoms with Crippen LogP contribution in [0, 0.1) is 5.92 Å². The Labute approximate surface area is 140 Å². The van der Waals surface area contributed by atoms with Crippen molar-refractivity contribution in [1.29, 1.82) is 0 Å². The minimum absolute atomic E-state index is 0.223. The van der Waals surface area contributed by atoms with Crippen molar-refractivity contribution in [2.45, 2.75) is 66.7 Å². The number of ether oxygens (including phenoxy) is 2. The van der Waals surface area contributed by atoms with Crippen LogP contribution in [0.5, 0.6) is 0 Å². The molecule has 132 valence electrons. The molecule has 0 amide bonds. The van der Waals surface area contributed by atoms with Crippen LogP contribution >= 0.6 is 0 Å². The lowest BCUT2D eigenvalue weighted by Crippen LogP contribution is -2.12. The molecule has 1 atom stereocenters. The van der Waals surface area contributed by atoms with Gasteiger partial charge in [-0.25, -0.2) is 9.59 Å². The smallest absolute Gasteiger partial charge is 0.333 e. The van der Waals surface area contributed by atoms with Crippen molar-refractivity contribution in [2.24, 2.45) is 5.92 Å². The fourth-order valence-electron chi connectivity index (χ4n) is 1.88. The van der Waals surface area contributed by atoms with Gasteiger partial charge in [0.1, 0.15) is 0 Å². The molecule has 0 N–H and O–H groups in total. The number of carbonyl (C=O) groups excluding carboxylic acids is 2. The largest absolute Gasteiger partial charge is 0.462 e. The molecule has 0 aromatic rings. The van der Waals surface area contributed by atoms with Gasteiger partial charge in [0.2, 0.25) is 0 Å². The van der Waals surface area contributed by atoms with Crippen LogP contribution < -0.4 is 0 Å². The molecule has 0 aliphatic heterocycles. The molecular formula is C19H32O4. The quantitative estimate of drug-likeness (QED) is 0.317. The molecule has 0 rings (SSSR count). The maximum absolute atomic E-state index is 11.5. The van der Waals surface area contributed by atoms with E-state index in [-0.39, 0.29) is 11.9 Å². The summed E-state index contributed by atoms with van der Waals surface area (Å²) in [6.07, 6.45) is 8.71. The molecule has 0 bridgehead atoms. The van der Waals surface area contributed by atoms with Crippen LogP contribution in [0.3, 0.4) is 0 Å². The first-order valence-corrected chi connectivity index (χ1v) is 8.52. The summed E-state index contributed by atoms with van der Waals surface area (Å²) in [6.45, 7) is 10.2. The second-order valence-electron chi connectivity index (χ2n) is 5.99. The van der Waals surface area contributed by atoms with Gasteiger partial charge in [-0.1, -0.05) is 38.3 Å². The number of rotatable bonds is 11. The van der Waals surface area contributed by atoms with E-state index in [1.165, 1.54) is 0 Å². The first kappa shape index (κ1) is 21.4. The summed E-state index contributed by atoms with van der Waals surface area (Å²) < 4.78 is 10.4. The van der Waals surface area contributed by atoms with Crippen LogP contribution in [-0.4, -0.2) is 25.2 Å². The molecule has 4 nitrogen and oxygen atoms in total.